The Labute approximate surface area is 213 Å². The number of pyridine rings is 1. The molecule has 1 N–H and O–H groups in total. The van der Waals surface area contributed by atoms with Crippen molar-refractivity contribution >= 4 is 11.8 Å². The molecule has 36 heavy (non-hydrogen) atoms. The van der Waals surface area contributed by atoms with Gasteiger partial charge in [-0.1, -0.05) is 30.8 Å². The molecule has 2 saturated heterocycles. The predicted molar refractivity (Wildman–Crippen MR) is 135 cm³/mol. The lowest BCUT2D eigenvalue weighted by Crippen LogP contribution is -2.50. The molecular weight excluding hydrogens is 456 g/mol. The summed E-state index contributed by atoms with van der Waals surface area (Å²) in [6.45, 7) is 3.81. The fourth-order valence-electron chi connectivity index (χ4n) is 6.01. The highest BCUT2D eigenvalue weighted by Gasteiger charge is 2.45. The second kappa shape index (κ2) is 12.0. The van der Waals surface area contributed by atoms with Gasteiger partial charge < -0.3 is 14.7 Å². The Hall–Kier alpha value is -2.81. The SMILES string of the molecule is O=C1NCCCCCCN(C(=O)CN2CCCCCC2)C2CC(c3nc(-c4cccnc4)no3)CC12. The van der Waals surface area contributed by atoms with Crippen LogP contribution < -0.4 is 5.32 Å². The number of aromatic nitrogens is 3. The van der Waals surface area contributed by atoms with Gasteiger partial charge in [0.2, 0.25) is 23.5 Å². The highest BCUT2D eigenvalue weighted by Crippen LogP contribution is 2.41. The van der Waals surface area contributed by atoms with Crippen LogP contribution in [-0.2, 0) is 9.59 Å². The molecule has 2 aliphatic heterocycles. The highest BCUT2D eigenvalue weighted by molar-refractivity contribution is 5.83. The van der Waals surface area contributed by atoms with Crippen molar-refractivity contribution in [1.29, 1.82) is 0 Å². The first-order chi connectivity index (χ1) is 17.7. The van der Waals surface area contributed by atoms with E-state index >= 15 is 0 Å². The normalized spacial score (nSPS) is 26.5. The first-order valence-corrected chi connectivity index (χ1v) is 13.7. The summed E-state index contributed by atoms with van der Waals surface area (Å²) in [4.78, 5) is 40.1. The quantitative estimate of drug-likeness (QED) is 0.695. The number of nitrogens with zero attached hydrogens (tertiary/aromatic N) is 5. The van der Waals surface area contributed by atoms with E-state index in [1.54, 1.807) is 12.4 Å². The highest BCUT2D eigenvalue weighted by atomic mass is 16.5. The Balaban J connectivity index is 1.36. The number of amides is 2. The van der Waals surface area contributed by atoms with E-state index in [2.05, 4.69) is 25.3 Å². The van der Waals surface area contributed by atoms with E-state index in [1.165, 1.54) is 12.8 Å². The molecule has 3 fully saturated rings. The van der Waals surface area contributed by atoms with Crippen LogP contribution in [0, 0.1) is 5.92 Å². The van der Waals surface area contributed by atoms with Crippen molar-refractivity contribution in [3.63, 3.8) is 0 Å². The molecule has 4 heterocycles. The van der Waals surface area contributed by atoms with Crippen LogP contribution in [0.2, 0.25) is 0 Å². The number of nitrogens with one attached hydrogen (secondary N) is 1. The van der Waals surface area contributed by atoms with E-state index in [9.17, 15) is 9.59 Å². The Bertz CT molecular complexity index is 1000. The number of carbonyl (C=O) groups excluding carboxylic acids is 2. The average molecular weight is 495 g/mol. The summed E-state index contributed by atoms with van der Waals surface area (Å²) in [6.07, 6.45) is 13.6. The van der Waals surface area contributed by atoms with Gasteiger partial charge in [-0.3, -0.25) is 19.5 Å². The number of hydrogen-bond donors (Lipinski definition) is 1. The zero-order valence-electron chi connectivity index (χ0n) is 21.1. The van der Waals surface area contributed by atoms with Crippen molar-refractivity contribution < 1.29 is 14.1 Å². The van der Waals surface area contributed by atoms with Crippen molar-refractivity contribution in [1.82, 2.24) is 30.2 Å². The Morgan fingerprint density at radius 2 is 1.81 bits per heavy atom. The van der Waals surface area contributed by atoms with E-state index < -0.39 is 0 Å². The molecule has 194 valence electrons. The van der Waals surface area contributed by atoms with E-state index in [0.29, 0.717) is 44.2 Å². The van der Waals surface area contributed by atoms with Crippen molar-refractivity contribution in [2.45, 2.75) is 76.2 Å². The number of fused-ring (bicyclic) bond motifs is 1. The van der Waals surface area contributed by atoms with Crippen molar-refractivity contribution in [2.75, 3.05) is 32.7 Å². The van der Waals surface area contributed by atoms with Crippen molar-refractivity contribution in [3.8, 4) is 11.4 Å². The molecule has 3 atom stereocenters. The van der Waals surface area contributed by atoms with Gasteiger partial charge >= 0.3 is 0 Å². The first kappa shape index (κ1) is 24.9. The van der Waals surface area contributed by atoms with Gasteiger partial charge in [0.25, 0.3) is 0 Å². The molecule has 1 saturated carbocycles. The van der Waals surface area contributed by atoms with Gasteiger partial charge in [0.1, 0.15) is 0 Å². The fraction of sp³-hybridized carbons (Fsp3) is 0.667. The van der Waals surface area contributed by atoms with Gasteiger partial charge in [0, 0.05) is 43.0 Å². The number of likely N-dealkylation sites (tertiary alicyclic amines) is 1. The minimum absolute atomic E-state index is 0.0453. The molecule has 0 radical (unpaired) electrons. The third kappa shape index (κ3) is 5.94. The number of rotatable bonds is 4. The molecule has 5 rings (SSSR count). The van der Waals surface area contributed by atoms with Crippen LogP contribution in [0.25, 0.3) is 11.4 Å². The monoisotopic (exact) mass is 494 g/mol. The zero-order chi connectivity index (χ0) is 24.7. The topological polar surface area (TPSA) is 104 Å². The summed E-state index contributed by atoms with van der Waals surface area (Å²) in [6, 6.07) is 3.59. The van der Waals surface area contributed by atoms with E-state index in [0.717, 1.165) is 57.2 Å². The van der Waals surface area contributed by atoms with E-state index in [-0.39, 0.29) is 29.7 Å². The molecule has 0 bridgehead atoms. The van der Waals surface area contributed by atoms with Gasteiger partial charge in [-0.2, -0.15) is 4.98 Å². The largest absolute Gasteiger partial charge is 0.356 e. The Morgan fingerprint density at radius 3 is 2.58 bits per heavy atom. The Morgan fingerprint density at radius 1 is 1.03 bits per heavy atom. The molecule has 9 nitrogen and oxygen atoms in total. The molecule has 2 aromatic heterocycles. The van der Waals surface area contributed by atoms with Crippen LogP contribution in [0.1, 0.15) is 76.0 Å². The molecular formula is C27H38N6O3. The standard InChI is InChI=1S/C27H38N6O3/c34-24(19-32-13-6-3-4-7-14-32)33-15-8-2-1-5-12-29-26(35)22-16-21(17-23(22)33)27-30-25(31-36-27)20-10-9-11-28-18-20/h9-11,18,21-23H,1-8,12-17,19H2,(H,29,35). The molecule has 2 amide bonds. The molecule has 2 aromatic rings. The molecule has 3 aliphatic rings. The van der Waals surface area contributed by atoms with Crippen LogP contribution >= 0.6 is 0 Å². The fourth-order valence-corrected chi connectivity index (χ4v) is 6.01. The van der Waals surface area contributed by atoms with Gasteiger partial charge in [-0.25, -0.2) is 0 Å². The number of carbonyl (C=O) groups is 2. The lowest BCUT2D eigenvalue weighted by atomic mass is 10.00. The van der Waals surface area contributed by atoms with Gasteiger partial charge in [0.15, 0.2) is 0 Å². The van der Waals surface area contributed by atoms with Crippen LogP contribution in [0.4, 0.5) is 0 Å². The maximum atomic E-state index is 13.7. The second-order valence-corrected chi connectivity index (χ2v) is 10.5. The summed E-state index contributed by atoms with van der Waals surface area (Å²) in [7, 11) is 0. The minimum Gasteiger partial charge on any atom is -0.356 e. The first-order valence-electron chi connectivity index (χ1n) is 13.7. The van der Waals surface area contributed by atoms with Crippen molar-refractivity contribution in [3.05, 3.63) is 30.4 Å². The molecule has 9 heteroatoms. The van der Waals surface area contributed by atoms with Gasteiger partial charge in [-0.15, -0.1) is 0 Å². The average Bonchev–Trinajstić information content (AvgIpc) is 3.47. The van der Waals surface area contributed by atoms with Crippen molar-refractivity contribution in [2.24, 2.45) is 5.92 Å². The van der Waals surface area contributed by atoms with Crippen LogP contribution in [0.5, 0.6) is 0 Å². The Kier molecular flexibility index (Phi) is 8.25. The molecule has 3 unspecified atom stereocenters. The van der Waals surface area contributed by atoms with E-state index in [1.807, 2.05) is 17.0 Å². The maximum absolute atomic E-state index is 13.7. The molecule has 1 aliphatic carbocycles. The van der Waals surface area contributed by atoms with Gasteiger partial charge in [0.05, 0.1) is 12.5 Å². The lowest BCUT2D eigenvalue weighted by molar-refractivity contribution is -0.137. The molecule has 0 spiro atoms. The van der Waals surface area contributed by atoms with Gasteiger partial charge in [-0.05, 0) is 63.7 Å². The minimum atomic E-state index is -0.269. The maximum Gasteiger partial charge on any atom is 0.237 e. The summed E-state index contributed by atoms with van der Waals surface area (Å²) in [5.41, 5.74) is 0.799. The lowest BCUT2D eigenvalue weighted by Gasteiger charge is -2.34. The predicted octanol–water partition coefficient (Wildman–Crippen LogP) is 3.39. The van der Waals surface area contributed by atoms with Crippen LogP contribution in [0.3, 0.4) is 0 Å². The third-order valence-corrected chi connectivity index (χ3v) is 7.98. The number of hydrogen-bond acceptors (Lipinski definition) is 7. The second-order valence-electron chi connectivity index (χ2n) is 10.5. The smallest absolute Gasteiger partial charge is 0.237 e. The molecule has 0 aromatic carbocycles. The summed E-state index contributed by atoms with van der Waals surface area (Å²) in [5.74, 6) is 0.924. The summed E-state index contributed by atoms with van der Waals surface area (Å²) in [5, 5.41) is 7.31. The third-order valence-electron chi connectivity index (χ3n) is 7.98. The zero-order valence-corrected chi connectivity index (χ0v) is 21.1. The van der Waals surface area contributed by atoms with Crippen LogP contribution in [0.15, 0.2) is 29.0 Å². The van der Waals surface area contributed by atoms with Crippen LogP contribution in [-0.4, -0.2) is 75.5 Å². The van der Waals surface area contributed by atoms with E-state index in [4.69, 9.17) is 4.52 Å². The summed E-state index contributed by atoms with van der Waals surface area (Å²) >= 11 is 0. The summed E-state index contributed by atoms with van der Waals surface area (Å²) < 4.78 is 5.68.